The normalized spacial score (nSPS) is 45.0. The Hall–Kier alpha value is -0.120. The number of nitrogens with two attached hydrogens (primary N) is 2. The minimum atomic E-state index is -0.367. The fraction of sp³-hybridized carbons (Fsp3) is 1.00. The van der Waals surface area contributed by atoms with E-state index in [4.69, 9.17) is 16.6 Å². The highest BCUT2D eigenvalue weighted by Crippen LogP contribution is 2.15. The molecule has 1 rings (SSSR count). The Balaban J connectivity index is 2.41. The van der Waals surface area contributed by atoms with Crippen molar-refractivity contribution in [1.82, 2.24) is 0 Å². The van der Waals surface area contributed by atoms with Crippen molar-refractivity contribution in [3.05, 3.63) is 0 Å². The third kappa shape index (κ3) is 1.41. The Morgan fingerprint density at radius 3 is 2.33 bits per heavy atom. The van der Waals surface area contributed by atoms with Gasteiger partial charge in [0, 0.05) is 12.1 Å². The molecular formula is C6H14N2O. The van der Waals surface area contributed by atoms with Gasteiger partial charge in [-0.25, -0.2) is 0 Å². The molecule has 0 bridgehead atoms. The second-order valence-corrected chi connectivity index (χ2v) is 2.74. The first-order valence-corrected chi connectivity index (χ1v) is 3.41. The third-order valence-corrected chi connectivity index (χ3v) is 1.98. The molecule has 5 N–H and O–H groups in total. The summed E-state index contributed by atoms with van der Waals surface area (Å²) in [5, 5.41) is 9.14. The van der Waals surface area contributed by atoms with Gasteiger partial charge in [0.2, 0.25) is 0 Å². The standard InChI is InChI=1S/C6H14N2O/c7-4-2-1-3-5(9)6(4)8/h4-6,9H,1-3,7-8H2/t4-,5-,6+/m1/s1. The molecule has 0 saturated heterocycles. The smallest absolute Gasteiger partial charge is 0.0706 e. The SMILES string of the molecule is N[C@H]1[C@H](N)CCC[C@H]1O. The molecule has 54 valence electrons. The van der Waals surface area contributed by atoms with E-state index in [9.17, 15) is 0 Å². The maximum atomic E-state index is 9.14. The van der Waals surface area contributed by atoms with Gasteiger partial charge in [-0.15, -0.1) is 0 Å². The van der Waals surface area contributed by atoms with Gasteiger partial charge in [-0.05, 0) is 19.3 Å². The van der Waals surface area contributed by atoms with E-state index in [1.807, 2.05) is 0 Å². The van der Waals surface area contributed by atoms with Crippen molar-refractivity contribution in [3.8, 4) is 0 Å². The molecule has 1 aliphatic carbocycles. The molecule has 0 unspecified atom stereocenters. The zero-order valence-corrected chi connectivity index (χ0v) is 5.46. The second-order valence-electron chi connectivity index (χ2n) is 2.74. The molecule has 3 atom stereocenters. The summed E-state index contributed by atoms with van der Waals surface area (Å²) in [4.78, 5) is 0. The summed E-state index contributed by atoms with van der Waals surface area (Å²) in [5.41, 5.74) is 11.1. The van der Waals surface area contributed by atoms with Gasteiger partial charge >= 0.3 is 0 Å². The topological polar surface area (TPSA) is 72.3 Å². The molecule has 1 fully saturated rings. The van der Waals surface area contributed by atoms with Gasteiger partial charge in [0.25, 0.3) is 0 Å². The van der Waals surface area contributed by atoms with Crippen LogP contribution in [0.2, 0.25) is 0 Å². The van der Waals surface area contributed by atoms with E-state index < -0.39 is 0 Å². The van der Waals surface area contributed by atoms with E-state index in [-0.39, 0.29) is 18.2 Å². The van der Waals surface area contributed by atoms with E-state index in [1.54, 1.807) is 0 Å². The molecule has 0 aromatic heterocycles. The molecule has 9 heavy (non-hydrogen) atoms. The van der Waals surface area contributed by atoms with Gasteiger partial charge in [0.15, 0.2) is 0 Å². The van der Waals surface area contributed by atoms with Crippen molar-refractivity contribution < 1.29 is 5.11 Å². The first-order chi connectivity index (χ1) is 4.22. The minimum Gasteiger partial charge on any atom is -0.391 e. The maximum absolute atomic E-state index is 9.14. The number of hydrogen-bond acceptors (Lipinski definition) is 3. The van der Waals surface area contributed by atoms with Crippen LogP contribution in [0.25, 0.3) is 0 Å². The van der Waals surface area contributed by atoms with Crippen molar-refractivity contribution in [2.24, 2.45) is 11.5 Å². The average Bonchev–Trinajstić information content (AvgIpc) is 1.83. The summed E-state index contributed by atoms with van der Waals surface area (Å²) < 4.78 is 0. The van der Waals surface area contributed by atoms with E-state index in [0.29, 0.717) is 0 Å². The Labute approximate surface area is 55.0 Å². The fourth-order valence-electron chi connectivity index (χ4n) is 1.23. The maximum Gasteiger partial charge on any atom is 0.0706 e. The number of aliphatic hydroxyl groups excluding tert-OH is 1. The van der Waals surface area contributed by atoms with E-state index in [2.05, 4.69) is 0 Å². The van der Waals surface area contributed by atoms with Gasteiger partial charge in [-0.2, -0.15) is 0 Å². The van der Waals surface area contributed by atoms with Crippen LogP contribution in [0.15, 0.2) is 0 Å². The molecule has 0 aromatic carbocycles. The van der Waals surface area contributed by atoms with Gasteiger partial charge in [0.05, 0.1) is 6.10 Å². The van der Waals surface area contributed by atoms with Crippen LogP contribution in [0, 0.1) is 0 Å². The highest BCUT2D eigenvalue weighted by Gasteiger charge is 2.25. The van der Waals surface area contributed by atoms with Gasteiger partial charge in [0.1, 0.15) is 0 Å². The van der Waals surface area contributed by atoms with Crippen LogP contribution in [-0.4, -0.2) is 23.3 Å². The van der Waals surface area contributed by atoms with Gasteiger partial charge < -0.3 is 16.6 Å². The predicted molar refractivity (Wildman–Crippen MR) is 35.8 cm³/mol. The summed E-state index contributed by atoms with van der Waals surface area (Å²) in [6, 6.07) is -0.188. The van der Waals surface area contributed by atoms with Gasteiger partial charge in [-0.1, -0.05) is 0 Å². The Morgan fingerprint density at radius 1 is 1.22 bits per heavy atom. The van der Waals surface area contributed by atoms with Crippen molar-refractivity contribution >= 4 is 0 Å². The van der Waals surface area contributed by atoms with Crippen LogP contribution in [0.3, 0.4) is 0 Å². The van der Waals surface area contributed by atoms with Crippen LogP contribution in [0.5, 0.6) is 0 Å². The quantitative estimate of drug-likeness (QED) is 0.401. The molecule has 3 nitrogen and oxygen atoms in total. The van der Waals surface area contributed by atoms with Gasteiger partial charge in [-0.3, -0.25) is 0 Å². The Morgan fingerprint density at radius 2 is 1.89 bits per heavy atom. The summed E-state index contributed by atoms with van der Waals surface area (Å²) >= 11 is 0. The third-order valence-electron chi connectivity index (χ3n) is 1.98. The molecule has 1 saturated carbocycles. The predicted octanol–water partition coefficient (Wildman–Crippen LogP) is -0.814. The van der Waals surface area contributed by atoms with Crippen molar-refractivity contribution in [1.29, 1.82) is 0 Å². The highest BCUT2D eigenvalue weighted by molar-refractivity contribution is 4.86. The second kappa shape index (κ2) is 2.64. The van der Waals surface area contributed by atoms with Crippen LogP contribution >= 0.6 is 0 Å². The van der Waals surface area contributed by atoms with Crippen LogP contribution in [0.4, 0.5) is 0 Å². The zero-order chi connectivity index (χ0) is 6.85. The molecule has 1 aliphatic rings. The number of aliphatic hydroxyl groups is 1. The summed E-state index contributed by atoms with van der Waals surface area (Å²) in [6.45, 7) is 0. The highest BCUT2D eigenvalue weighted by atomic mass is 16.3. The largest absolute Gasteiger partial charge is 0.391 e. The molecule has 0 amide bonds. The summed E-state index contributed by atoms with van der Waals surface area (Å²) in [6.07, 6.45) is 2.41. The fourth-order valence-corrected chi connectivity index (χ4v) is 1.23. The van der Waals surface area contributed by atoms with Crippen LogP contribution in [0.1, 0.15) is 19.3 Å². The first kappa shape index (κ1) is 6.99. The molecule has 0 radical (unpaired) electrons. The van der Waals surface area contributed by atoms with Crippen LogP contribution in [-0.2, 0) is 0 Å². The number of rotatable bonds is 0. The molecule has 0 spiro atoms. The Kier molecular flexibility index (Phi) is 2.05. The van der Waals surface area contributed by atoms with Crippen LogP contribution < -0.4 is 11.5 Å². The summed E-state index contributed by atoms with van der Waals surface area (Å²) in [7, 11) is 0. The lowest BCUT2D eigenvalue weighted by Crippen LogP contribution is -2.51. The lowest BCUT2D eigenvalue weighted by Gasteiger charge is -2.29. The minimum absolute atomic E-state index is 0.00810. The van der Waals surface area contributed by atoms with Crippen molar-refractivity contribution in [2.75, 3.05) is 0 Å². The zero-order valence-electron chi connectivity index (χ0n) is 5.46. The van der Waals surface area contributed by atoms with Crippen molar-refractivity contribution in [3.63, 3.8) is 0 Å². The van der Waals surface area contributed by atoms with E-state index >= 15 is 0 Å². The molecule has 0 heterocycles. The molecular weight excluding hydrogens is 116 g/mol. The molecule has 3 heteroatoms. The summed E-state index contributed by atoms with van der Waals surface area (Å²) in [5.74, 6) is 0. The average molecular weight is 130 g/mol. The molecule has 0 aliphatic heterocycles. The molecule has 0 aromatic rings. The lowest BCUT2D eigenvalue weighted by atomic mass is 9.89. The lowest BCUT2D eigenvalue weighted by molar-refractivity contribution is 0.0976. The Bertz CT molecular complexity index is 87.1. The first-order valence-electron chi connectivity index (χ1n) is 3.41. The number of hydrogen-bond donors (Lipinski definition) is 3. The monoisotopic (exact) mass is 130 g/mol. The van der Waals surface area contributed by atoms with Crippen molar-refractivity contribution in [2.45, 2.75) is 37.5 Å². The van der Waals surface area contributed by atoms with E-state index in [1.165, 1.54) is 0 Å². The van der Waals surface area contributed by atoms with E-state index in [0.717, 1.165) is 19.3 Å².